The lowest BCUT2D eigenvalue weighted by atomic mass is 9.94. The Hall–Kier alpha value is -2.54. The Bertz CT molecular complexity index is 829. The van der Waals surface area contributed by atoms with Gasteiger partial charge in [-0.2, -0.15) is 11.3 Å². The van der Waals surface area contributed by atoms with Crippen LogP contribution in [0, 0.1) is 0 Å². The SMILES string of the molecule is O=C(CCNC(=O)c1ccsc1)Nc1ccc2c(c1)OC1(CCCCC1)O2. The number of hydrogen-bond donors (Lipinski definition) is 2. The van der Waals surface area contributed by atoms with Gasteiger partial charge in [-0.3, -0.25) is 9.59 Å². The molecule has 0 saturated heterocycles. The van der Waals surface area contributed by atoms with E-state index >= 15 is 0 Å². The summed E-state index contributed by atoms with van der Waals surface area (Å²) in [6, 6.07) is 7.21. The summed E-state index contributed by atoms with van der Waals surface area (Å²) in [6.45, 7) is 0.286. The molecular weight excluding hydrogens is 364 g/mol. The Labute approximate surface area is 161 Å². The topological polar surface area (TPSA) is 76.7 Å². The molecule has 1 saturated carbocycles. The van der Waals surface area contributed by atoms with Gasteiger partial charge in [-0.25, -0.2) is 0 Å². The largest absolute Gasteiger partial charge is 0.448 e. The lowest BCUT2D eigenvalue weighted by Crippen LogP contribution is -2.40. The van der Waals surface area contributed by atoms with Crippen molar-refractivity contribution in [3.05, 3.63) is 40.6 Å². The van der Waals surface area contributed by atoms with E-state index in [-0.39, 0.29) is 24.8 Å². The van der Waals surface area contributed by atoms with E-state index in [4.69, 9.17) is 9.47 Å². The van der Waals surface area contributed by atoms with Crippen LogP contribution in [-0.2, 0) is 4.79 Å². The maximum absolute atomic E-state index is 12.1. The molecule has 1 spiro atoms. The summed E-state index contributed by atoms with van der Waals surface area (Å²) in [4.78, 5) is 24.0. The summed E-state index contributed by atoms with van der Waals surface area (Å²) in [6.07, 6.45) is 5.42. The number of carbonyl (C=O) groups is 2. The molecule has 0 unspecified atom stereocenters. The number of carbonyl (C=O) groups excluding carboxylic acids is 2. The van der Waals surface area contributed by atoms with E-state index in [0.29, 0.717) is 17.0 Å². The van der Waals surface area contributed by atoms with Crippen molar-refractivity contribution in [3.8, 4) is 11.5 Å². The molecule has 2 heterocycles. The normalized spacial score (nSPS) is 16.9. The van der Waals surface area contributed by atoms with Gasteiger partial charge in [0.15, 0.2) is 11.5 Å². The van der Waals surface area contributed by atoms with Crippen molar-refractivity contribution in [1.82, 2.24) is 5.32 Å². The Morgan fingerprint density at radius 1 is 1.07 bits per heavy atom. The number of benzene rings is 1. The maximum atomic E-state index is 12.1. The number of hydrogen-bond acceptors (Lipinski definition) is 5. The fourth-order valence-electron chi connectivity index (χ4n) is 3.47. The first kappa shape index (κ1) is 17.9. The van der Waals surface area contributed by atoms with E-state index in [9.17, 15) is 9.59 Å². The Morgan fingerprint density at radius 3 is 2.67 bits per heavy atom. The lowest BCUT2D eigenvalue weighted by Gasteiger charge is -2.31. The molecule has 2 N–H and O–H groups in total. The van der Waals surface area contributed by atoms with Gasteiger partial charge in [-0.15, -0.1) is 0 Å². The van der Waals surface area contributed by atoms with Gasteiger partial charge in [-0.1, -0.05) is 6.42 Å². The summed E-state index contributed by atoms with van der Waals surface area (Å²) in [7, 11) is 0. The Kier molecular flexibility index (Phi) is 5.03. The van der Waals surface area contributed by atoms with E-state index in [1.54, 1.807) is 17.5 Å². The summed E-state index contributed by atoms with van der Waals surface area (Å²) < 4.78 is 12.1. The number of fused-ring (bicyclic) bond motifs is 1. The zero-order valence-corrected chi connectivity index (χ0v) is 15.8. The molecule has 0 radical (unpaired) electrons. The highest BCUT2D eigenvalue weighted by atomic mass is 32.1. The van der Waals surface area contributed by atoms with Crippen LogP contribution in [0.15, 0.2) is 35.0 Å². The molecular formula is C20H22N2O4S. The first-order valence-electron chi connectivity index (χ1n) is 9.26. The van der Waals surface area contributed by atoms with Crippen molar-refractivity contribution in [2.24, 2.45) is 0 Å². The molecule has 4 rings (SSSR count). The molecule has 2 aliphatic rings. The smallest absolute Gasteiger partial charge is 0.252 e. The first-order chi connectivity index (χ1) is 13.1. The average molecular weight is 386 g/mol. The Morgan fingerprint density at radius 2 is 1.89 bits per heavy atom. The molecule has 0 bridgehead atoms. The standard InChI is InChI=1S/C20H22N2O4S/c23-18(6-10-21-19(24)14-7-11-27-13-14)22-15-4-5-16-17(12-15)26-20(25-16)8-2-1-3-9-20/h4-5,7,11-13H,1-3,6,8-10H2,(H,21,24)(H,22,23). The quantitative estimate of drug-likeness (QED) is 0.816. The molecule has 7 heteroatoms. The highest BCUT2D eigenvalue weighted by molar-refractivity contribution is 7.08. The van der Waals surface area contributed by atoms with Crippen LogP contribution >= 0.6 is 11.3 Å². The van der Waals surface area contributed by atoms with Gasteiger partial charge in [0, 0.05) is 48.5 Å². The van der Waals surface area contributed by atoms with Gasteiger partial charge < -0.3 is 20.1 Å². The van der Waals surface area contributed by atoms with Crippen LogP contribution in [0.5, 0.6) is 11.5 Å². The molecule has 1 aromatic heterocycles. The van der Waals surface area contributed by atoms with E-state index in [1.807, 2.05) is 17.5 Å². The molecule has 1 fully saturated rings. The van der Waals surface area contributed by atoms with Crippen LogP contribution in [0.1, 0.15) is 48.9 Å². The van der Waals surface area contributed by atoms with E-state index in [1.165, 1.54) is 17.8 Å². The van der Waals surface area contributed by atoms with Crippen LogP contribution < -0.4 is 20.1 Å². The molecule has 6 nitrogen and oxygen atoms in total. The van der Waals surface area contributed by atoms with Gasteiger partial charge >= 0.3 is 0 Å². The van der Waals surface area contributed by atoms with Gasteiger partial charge in [0.05, 0.1) is 0 Å². The van der Waals surface area contributed by atoms with Crippen molar-refractivity contribution in [3.63, 3.8) is 0 Å². The van der Waals surface area contributed by atoms with Crippen LogP contribution in [-0.4, -0.2) is 24.1 Å². The molecule has 1 aliphatic carbocycles. The van der Waals surface area contributed by atoms with Crippen molar-refractivity contribution in [1.29, 1.82) is 0 Å². The third-order valence-corrected chi connectivity index (χ3v) is 5.54. The molecule has 142 valence electrons. The lowest BCUT2D eigenvalue weighted by molar-refractivity contribution is -0.116. The first-order valence-corrected chi connectivity index (χ1v) is 10.2. The second-order valence-corrected chi connectivity index (χ2v) is 7.68. The van der Waals surface area contributed by atoms with Crippen molar-refractivity contribution in [2.45, 2.75) is 44.3 Å². The minimum absolute atomic E-state index is 0.160. The number of anilines is 1. The van der Waals surface area contributed by atoms with Crippen LogP contribution in [0.2, 0.25) is 0 Å². The summed E-state index contributed by atoms with van der Waals surface area (Å²) in [5, 5.41) is 9.22. The van der Waals surface area contributed by atoms with Gasteiger partial charge in [0.25, 0.3) is 11.7 Å². The van der Waals surface area contributed by atoms with Crippen molar-refractivity contribution >= 4 is 28.8 Å². The fraction of sp³-hybridized carbons (Fsp3) is 0.400. The van der Waals surface area contributed by atoms with Gasteiger partial charge in [0.1, 0.15) is 0 Å². The van der Waals surface area contributed by atoms with E-state index in [2.05, 4.69) is 10.6 Å². The van der Waals surface area contributed by atoms with Crippen LogP contribution in [0.3, 0.4) is 0 Å². The molecule has 1 aromatic carbocycles. The zero-order valence-electron chi connectivity index (χ0n) is 15.0. The molecule has 2 aromatic rings. The van der Waals surface area contributed by atoms with E-state index in [0.717, 1.165) is 31.4 Å². The number of rotatable bonds is 5. The minimum Gasteiger partial charge on any atom is -0.448 e. The highest BCUT2D eigenvalue weighted by Gasteiger charge is 2.42. The minimum atomic E-state index is -0.519. The summed E-state index contributed by atoms with van der Waals surface area (Å²) in [5.74, 6) is 0.574. The second kappa shape index (κ2) is 7.60. The molecule has 2 amide bonds. The predicted molar refractivity (Wildman–Crippen MR) is 103 cm³/mol. The van der Waals surface area contributed by atoms with Crippen molar-refractivity contribution in [2.75, 3.05) is 11.9 Å². The molecule has 27 heavy (non-hydrogen) atoms. The summed E-state index contributed by atoms with van der Waals surface area (Å²) >= 11 is 1.46. The average Bonchev–Trinajstić information content (AvgIpc) is 3.30. The fourth-order valence-corrected chi connectivity index (χ4v) is 4.11. The second-order valence-electron chi connectivity index (χ2n) is 6.90. The maximum Gasteiger partial charge on any atom is 0.252 e. The molecule has 1 aliphatic heterocycles. The Balaban J connectivity index is 1.28. The van der Waals surface area contributed by atoms with E-state index < -0.39 is 5.79 Å². The number of amides is 2. The summed E-state index contributed by atoms with van der Waals surface area (Å²) in [5.41, 5.74) is 1.28. The number of thiophene rings is 1. The third-order valence-electron chi connectivity index (χ3n) is 4.86. The van der Waals surface area contributed by atoms with Crippen molar-refractivity contribution < 1.29 is 19.1 Å². The molecule has 0 atom stereocenters. The predicted octanol–water partition coefficient (Wildman–Crippen LogP) is 3.94. The monoisotopic (exact) mass is 386 g/mol. The zero-order chi connectivity index (χ0) is 18.7. The van der Waals surface area contributed by atoms with Crippen LogP contribution in [0.25, 0.3) is 0 Å². The highest BCUT2D eigenvalue weighted by Crippen LogP contribution is 2.46. The van der Waals surface area contributed by atoms with Gasteiger partial charge in [-0.05, 0) is 36.4 Å². The van der Waals surface area contributed by atoms with Crippen LogP contribution in [0.4, 0.5) is 5.69 Å². The van der Waals surface area contributed by atoms with Gasteiger partial charge in [0.2, 0.25) is 5.91 Å². The number of nitrogens with one attached hydrogen (secondary N) is 2. The third kappa shape index (κ3) is 4.08. The number of ether oxygens (including phenoxy) is 2.